The molecule has 1 saturated carbocycles. The van der Waals surface area contributed by atoms with Gasteiger partial charge in [0.2, 0.25) is 0 Å². The third-order valence-corrected chi connectivity index (χ3v) is 5.22. The molecule has 25 heavy (non-hydrogen) atoms. The molecule has 0 aliphatic heterocycles. The number of hydrogen-bond donors (Lipinski definition) is 0. The molecule has 0 heterocycles. The average Bonchev–Trinajstić information content (AvgIpc) is 2.68. The van der Waals surface area contributed by atoms with Crippen LogP contribution in [0.15, 0.2) is 42.5 Å². The van der Waals surface area contributed by atoms with Crippen molar-refractivity contribution in [1.82, 2.24) is 4.90 Å². The van der Waals surface area contributed by atoms with Crippen molar-refractivity contribution in [3.63, 3.8) is 0 Å². The van der Waals surface area contributed by atoms with E-state index in [9.17, 15) is 0 Å². The number of rotatable bonds is 5. The van der Waals surface area contributed by atoms with Crippen molar-refractivity contribution in [1.29, 1.82) is 5.26 Å². The Morgan fingerprint density at radius 1 is 1.08 bits per heavy atom. The third-order valence-electron chi connectivity index (χ3n) is 5.22. The lowest BCUT2D eigenvalue weighted by molar-refractivity contribution is 0.183. The molecular weight excluding hydrogens is 308 g/mol. The van der Waals surface area contributed by atoms with Crippen molar-refractivity contribution in [2.24, 2.45) is 0 Å². The summed E-state index contributed by atoms with van der Waals surface area (Å²) in [6.07, 6.45) is 6.64. The van der Waals surface area contributed by atoms with Crippen LogP contribution in [0.4, 0.5) is 0 Å². The van der Waals surface area contributed by atoms with Crippen molar-refractivity contribution in [3.05, 3.63) is 53.6 Å². The van der Waals surface area contributed by atoms with E-state index in [0.717, 1.165) is 23.4 Å². The van der Waals surface area contributed by atoms with Crippen molar-refractivity contribution in [2.45, 2.75) is 44.7 Å². The summed E-state index contributed by atoms with van der Waals surface area (Å²) in [5, 5.41) is 9.13. The molecule has 1 aliphatic rings. The maximum Gasteiger partial charge on any atom is 0.123 e. The highest BCUT2D eigenvalue weighted by atomic mass is 16.5. The van der Waals surface area contributed by atoms with Crippen LogP contribution in [0.1, 0.15) is 43.2 Å². The van der Waals surface area contributed by atoms with E-state index < -0.39 is 0 Å². The van der Waals surface area contributed by atoms with Gasteiger partial charge >= 0.3 is 0 Å². The van der Waals surface area contributed by atoms with Crippen LogP contribution in [-0.2, 0) is 6.54 Å². The topological polar surface area (TPSA) is 36.3 Å². The number of ether oxygens (including phenoxy) is 1. The van der Waals surface area contributed by atoms with Crippen LogP contribution in [0, 0.1) is 11.3 Å². The molecule has 1 aliphatic carbocycles. The highest BCUT2D eigenvalue weighted by Crippen LogP contribution is 2.30. The van der Waals surface area contributed by atoms with Gasteiger partial charge in [0.05, 0.1) is 18.7 Å². The number of benzene rings is 2. The minimum absolute atomic E-state index is 0.670. The first-order valence-electron chi connectivity index (χ1n) is 9.09. The molecule has 3 rings (SSSR count). The van der Waals surface area contributed by atoms with Gasteiger partial charge in [-0.2, -0.15) is 5.26 Å². The maximum atomic E-state index is 9.13. The summed E-state index contributed by atoms with van der Waals surface area (Å²) >= 11 is 0. The van der Waals surface area contributed by atoms with Crippen molar-refractivity contribution >= 4 is 0 Å². The fourth-order valence-corrected chi connectivity index (χ4v) is 3.77. The summed E-state index contributed by atoms with van der Waals surface area (Å²) in [7, 11) is 3.95. The number of nitrogens with zero attached hydrogens (tertiary/aromatic N) is 2. The molecule has 0 spiro atoms. The van der Waals surface area contributed by atoms with Crippen LogP contribution in [0.5, 0.6) is 5.75 Å². The second-order valence-electron chi connectivity index (χ2n) is 6.93. The molecule has 0 amide bonds. The molecule has 3 nitrogen and oxygen atoms in total. The molecule has 0 unspecified atom stereocenters. The predicted molar refractivity (Wildman–Crippen MR) is 101 cm³/mol. The number of hydrogen-bond acceptors (Lipinski definition) is 3. The molecular formula is C22H26N2O. The van der Waals surface area contributed by atoms with Gasteiger partial charge in [-0.25, -0.2) is 0 Å². The van der Waals surface area contributed by atoms with Gasteiger partial charge in [0, 0.05) is 18.2 Å². The SMILES string of the molecule is COc1ccc(-c2cccc(C#N)c2)cc1CN(C)C1CCCCC1. The van der Waals surface area contributed by atoms with E-state index in [1.807, 2.05) is 24.3 Å². The second-order valence-corrected chi connectivity index (χ2v) is 6.93. The van der Waals surface area contributed by atoms with Crippen molar-refractivity contribution in [2.75, 3.05) is 14.2 Å². The molecule has 1 fully saturated rings. The number of methoxy groups -OCH3 is 1. The predicted octanol–water partition coefficient (Wildman–Crippen LogP) is 5.00. The molecule has 0 atom stereocenters. The zero-order valence-corrected chi connectivity index (χ0v) is 15.2. The van der Waals surface area contributed by atoms with Crippen LogP contribution in [0.3, 0.4) is 0 Å². The first-order chi connectivity index (χ1) is 12.2. The molecule has 2 aromatic carbocycles. The van der Waals surface area contributed by atoms with E-state index in [4.69, 9.17) is 10.00 Å². The van der Waals surface area contributed by atoms with E-state index in [-0.39, 0.29) is 0 Å². The largest absolute Gasteiger partial charge is 0.496 e. The minimum atomic E-state index is 0.670. The fourth-order valence-electron chi connectivity index (χ4n) is 3.77. The zero-order valence-electron chi connectivity index (χ0n) is 15.2. The van der Waals surface area contributed by atoms with Crippen LogP contribution in [0.25, 0.3) is 11.1 Å². The van der Waals surface area contributed by atoms with Crippen LogP contribution < -0.4 is 4.74 Å². The van der Waals surface area contributed by atoms with Crippen LogP contribution in [-0.4, -0.2) is 25.1 Å². The highest BCUT2D eigenvalue weighted by Gasteiger charge is 2.19. The Labute approximate surface area is 150 Å². The molecule has 0 aromatic heterocycles. The van der Waals surface area contributed by atoms with Gasteiger partial charge in [0.25, 0.3) is 0 Å². The van der Waals surface area contributed by atoms with Crippen LogP contribution in [0.2, 0.25) is 0 Å². The standard InChI is InChI=1S/C22H26N2O/c1-24(21-9-4-3-5-10-21)16-20-14-19(11-12-22(20)25-2)18-8-6-7-17(13-18)15-23/h6-8,11-14,21H,3-5,9-10,16H2,1-2H3. The van der Waals surface area contributed by atoms with Gasteiger partial charge in [-0.15, -0.1) is 0 Å². The summed E-state index contributed by atoms with van der Waals surface area (Å²) in [6, 6.07) is 17.0. The lowest BCUT2D eigenvalue weighted by Gasteiger charge is -2.31. The lowest BCUT2D eigenvalue weighted by atomic mass is 9.94. The molecule has 0 bridgehead atoms. The minimum Gasteiger partial charge on any atom is -0.496 e. The number of nitriles is 1. The normalized spacial score (nSPS) is 15.1. The van der Waals surface area contributed by atoms with E-state index >= 15 is 0 Å². The van der Waals surface area contributed by atoms with Gasteiger partial charge in [0.15, 0.2) is 0 Å². The van der Waals surface area contributed by atoms with Gasteiger partial charge in [-0.05, 0) is 55.3 Å². The molecule has 3 heteroatoms. The Hall–Kier alpha value is -2.31. The molecule has 0 N–H and O–H groups in total. The molecule has 0 radical (unpaired) electrons. The van der Waals surface area contributed by atoms with E-state index in [0.29, 0.717) is 11.6 Å². The Morgan fingerprint density at radius 3 is 2.56 bits per heavy atom. The molecule has 130 valence electrons. The van der Waals surface area contributed by atoms with Gasteiger partial charge in [-0.1, -0.05) is 37.5 Å². The first kappa shape index (κ1) is 17.5. The first-order valence-corrected chi connectivity index (χ1v) is 9.09. The summed E-state index contributed by atoms with van der Waals surface area (Å²) in [5.74, 6) is 0.933. The quantitative estimate of drug-likeness (QED) is 0.772. The second kappa shape index (κ2) is 8.18. The fraction of sp³-hybridized carbons (Fsp3) is 0.409. The zero-order chi connectivity index (χ0) is 17.6. The summed E-state index contributed by atoms with van der Waals surface area (Å²) in [4.78, 5) is 2.46. The molecule has 0 saturated heterocycles. The Bertz CT molecular complexity index is 757. The van der Waals surface area contributed by atoms with E-state index in [1.54, 1.807) is 7.11 Å². The van der Waals surface area contributed by atoms with E-state index in [2.05, 4.69) is 36.2 Å². The summed E-state index contributed by atoms with van der Waals surface area (Å²) in [6.45, 7) is 0.889. The van der Waals surface area contributed by atoms with Crippen molar-refractivity contribution < 1.29 is 4.74 Å². The van der Waals surface area contributed by atoms with Crippen LogP contribution >= 0.6 is 0 Å². The average molecular weight is 334 g/mol. The van der Waals surface area contributed by atoms with Gasteiger partial charge in [-0.3, -0.25) is 4.90 Å². The monoisotopic (exact) mass is 334 g/mol. The Kier molecular flexibility index (Phi) is 5.73. The third kappa shape index (κ3) is 4.21. The van der Waals surface area contributed by atoms with Gasteiger partial charge in [0.1, 0.15) is 5.75 Å². The van der Waals surface area contributed by atoms with Crippen molar-refractivity contribution in [3.8, 4) is 22.9 Å². The Morgan fingerprint density at radius 2 is 1.84 bits per heavy atom. The molecule has 2 aromatic rings. The maximum absolute atomic E-state index is 9.13. The summed E-state index contributed by atoms with van der Waals surface area (Å²) in [5.41, 5.74) is 4.10. The lowest BCUT2D eigenvalue weighted by Crippen LogP contribution is -2.32. The highest BCUT2D eigenvalue weighted by molar-refractivity contribution is 5.67. The Balaban J connectivity index is 1.85. The van der Waals surface area contributed by atoms with Gasteiger partial charge < -0.3 is 4.74 Å². The smallest absolute Gasteiger partial charge is 0.123 e. The van der Waals surface area contributed by atoms with E-state index in [1.165, 1.54) is 37.7 Å². The summed E-state index contributed by atoms with van der Waals surface area (Å²) < 4.78 is 5.59.